The average molecular weight is 305 g/mol. The van der Waals surface area contributed by atoms with Gasteiger partial charge in [0.25, 0.3) is 0 Å². The van der Waals surface area contributed by atoms with Crippen LogP contribution in [0, 0.1) is 13.8 Å². The van der Waals surface area contributed by atoms with Crippen molar-refractivity contribution in [3.05, 3.63) is 29.3 Å². The highest BCUT2D eigenvalue weighted by atomic mass is 16.5. The van der Waals surface area contributed by atoms with Crippen LogP contribution in [0.2, 0.25) is 0 Å². The Hall–Kier alpha value is -2.35. The first-order valence-electron chi connectivity index (χ1n) is 7.15. The summed E-state index contributed by atoms with van der Waals surface area (Å²) in [5.41, 5.74) is 2.04. The summed E-state index contributed by atoms with van der Waals surface area (Å²) in [5, 5.41) is 13.5. The summed E-state index contributed by atoms with van der Waals surface area (Å²) in [6.45, 7) is 4.36. The summed E-state index contributed by atoms with van der Waals surface area (Å²) < 4.78 is 12.5. The second-order valence-electron chi connectivity index (χ2n) is 5.42. The van der Waals surface area contributed by atoms with E-state index in [4.69, 9.17) is 9.26 Å². The standard InChI is InChI=1S/C14H19N5O3/c1-8-6-12(18-22-8)17-14(20)16-11-4-5-21-13(11)10-7-15-19(3)9(10)2/h6-7,11,13H,4-5H2,1-3H3,(H2,16,17,18,20)/t11-,13+/m0/s1. The molecule has 0 radical (unpaired) electrons. The topological polar surface area (TPSA) is 94.2 Å². The van der Waals surface area contributed by atoms with Gasteiger partial charge in [0.1, 0.15) is 11.9 Å². The van der Waals surface area contributed by atoms with Gasteiger partial charge in [-0.2, -0.15) is 5.10 Å². The van der Waals surface area contributed by atoms with E-state index in [0.717, 1.165) is 17.7 Å². The molecule has 0 saturated carbocycles. The second-order valence-corrected chi connectivity index (χ2v) is 5.42. The molecule has 1 aliphatic rings. The van der Waals surface area contributed by atoms with E-state index in [0.29, 0.717) is 18.2 Å². The number of hydrogen-bond acceptors (Lipinski definition) is 5. The number of urea groups is 1. The van der Waals surface area contributed by atoms with E-state index in [9.17, 15) is 4.79 Å². The molecule has 0 aliphatic carbocycles. The molecule has 2 N–H and O–H groups in total. The van der Waals surface area contributed by atoms with Crippen molar-refractivity contribution in [2.24, 2.45) is 7.05 Å². The molecule has 0 unspecified atom stereocenters. The van der Waals surface area contributed by atoms with Crippen LogP contribution < -0.4 is 10.6 Å². The lowest BCUT2D eigenvalue weighted by atomic mass is 10.0. The van der Waals surface area contributed by atoms with E-state index in [1.165, 1.54) is 0 Å². The first-order chi connectivity index (χ1) is 10.5. The van der Waals surface area contributed by atoms with Crippen LogP contribution in [0.1, 0.15) is 29.5 Å². The molecular formula is C14H19N5O3. The molecule has 118 valence electrons. The minimum absolute atomic E-state index is 0.101. The summed E-state index contributed by atoms with van der Waals surface area (Å²) in [4.78, 5) is 12.1. The zero-order valence-corrected chi connectivity index (χ0v) is 12.8. The molecular weight excluding hydrogens is 286 g/mol. The lowest BCUT2D eigenvalue weighted by molar-refractivity contribution is 0.0998. The third-order valence-corrected chi connectivity index (χ3v) is 3.86. The third-order valence-electron chi connectivity index (χ3n) is 3.86. The molecule has 2 atom stereocenters. The number of anilines is 1. The van der Waals surface area contributed by atoms with E-state index in [2.05, 4.69) is 20.9 Å². The van der Waals surface area contributed by atoms with E-state index < -0.39 is 0 Å². The van der Waals surface area contributed by atoms with E-state index >= 15 is 0 Å². The van der Waals surface area contributed by atoms with Crippen LogP contribution in [0.4, 0.5) is 10.6 Å². The summed E-state index contributed by atoms with van der Waals surface area (Å²) in [6, 6.07) is 1.24. The highest BCUT2D eigenvalue weighted by molar-refractivity contribution is 5.88. The van der Waals surface area contributed by atoms with Gasteiger partial charge in [0.05, 0.1) is 12.2 Å². The SMILES string of the molecule is Cc1cc(NC(=O)N[C@H]2CCO[C@@H]2c2cnn(C)c2C)no1. The monoisotopic (exact) mass is 305 g/mol. The maximum Gasteiger partial charge on any atom is 0.320 e. The largest absolute Gasteiger partial charge is 0.371 e. The Morgan fingerprint density at radius 2 is 2.27 bits per heavy atom. The first-order valence-corrected chi connectivity index (χ1v) is 7.15. The molecule has 3 heterocycles. The molecule has 8 heteroatoms. The van der Waals surface area contributed by atoms with Crippen molar-refractivity contribution in [3.8, 4) is 0 Å². The molecule has 2 amide bonds. The first kappa shape index (κ1) is 14.6. The van der Waals surface area contributed by atoms with E-state index in [1.807, 2.05) is 14.0 Å². The number of carbonyl (C=O) groups excluding carboxylic acids is 1. The Bertz CT molecular complexity index is 678. The van der Waals surface area contributed by atoms with Gasteiger partial charge in [0.15, 0.2) is 5.82 Å². The number of aromatic nitrogens is 3. The van der Waals surface area contributed by atoms with Gasteiger partial charge < -0.3 is 14.6 Å². The Balaban J connectivity index is 1.66. The van der Waals surface area contributed by atoms with Crippen molar-refractivity contribution >= 4 is 11.8 Å². The van der Waals surface area contributed by atoms with Crippen LogP contribution in [0.15, 0.2) is 16.8 Å². The van der Waals surface area contributed by atoms with Gasteiger partial charge in [-0.3, -0.25) is 10.00 Å². The van der Waals surface area contributed by atoms with Crippen LogP contribution in [-0.4, -0.2) is 33.6 Å². The van der Waals surface area contributed by atoms with Crippen LogP contribution in [0.5, 0.6) is 0 Å². The number of hydrogen-bond donors (Lipinski definition) is 2. The molecule has 1 fully saturated rings. The quantitative estimate of drug-likeness (QED) is 0.899. The maximum atomic E-state index is 12.1. The van der Waals surface area contributed by atoms with Crippen LogP contribution >= 0.6 is 0 Å². The number of nitrogens with zero attached hydrogens (tertiary/aromatic N) is 3. The van der Waals surface area contributed by atoms with Gasteiger partial charge in [-0.15, -0.1) is 0 Å². The normalized spacial score (nSPS) is 21.0. The molecule has 1 aliphatic heterocycles. The number of carbonyl (C=O) groups is 1. The fraction of sp³-hybridized carbons (Fsp3) is 0.500. The Morgan fingerprint density at radius 1 is 1.45 bits per heavy atom. The van der Waals surface area contributed by atoms with E-state index in [1.54, 1.807) is 23.9 Å². The number of amides is 2. The van der Waals surface area contributed by atoms with Crippen molar-refractivity contribution < 1.29 is 14.1 Å². The Kier molecular flexibility index (Phi) is 3.84. The second kappa shape index (κ2) is 5.80. The van der Waals surface area contributed by atoms with Crippen molar-refractivity contribution in [3.63, 3.8) is 0 Å². The number of nitrogens with one attached hydrogen (secondary N) is 2. The van der Waals surface area contributed by atoms with Gasteiger partial charge >= 0.3 is 6.03 Å². The van der Waals surface area contributed by atoms with Crippen molar-refractivity contribution in [2.45, 2.75) is 32.4 Å². The number of aryl methyl sites for hydroxylation is 2. The molecule has 8 nitrogen and oxygen atoms in total. The molecule has 1 saturated heterocycles. The average Bonchev–Trinajstić information content (AvgIpc) is 3.15. The third kappa shape index (κ3) is 2.82. The minimum atomic E-state index is -0.324. The lowest BCUT2D eigenvalue weighted by Gasteiger charge is -2.19. The Morgan fingerprint density at radius 3 is 2.91 bits per heavy atom. The zero-order valence-electron chi connectivity index (χ0n) is 12.8. The van der Waals surface area contributed by atoms with Gasteiger partial charge in [0, 0.05) is 31.0 Å². The number of rotatable bonds is 3. The molecule has 0 aromatic carbocycles. The van der Waals surface area contributed by atoms with Crippen molar-refractivity contribution in [2.75, 3.05) is 11.9 Å². The highest BCUT2D eigenvalue weighted by Gasteiger charge is 2.33. The minimum Gasteiger partial charge on any atom is -0.371 e. The summed E-state index contributed by atoms with van der Waals surface area (Å²) in [5.74, 6) is 1.03. The molecule has 22 heavy (non-hydrogen) atoms. The van der Waals surface area contributed by atoms with Gasteiger partial charge in [-0.05, 0) is 20.3 Å². The van der Waals surface area contributed by atoms with Crippen LogP contribution in [0.25, 0.3) is 0 Å². The molecule has 0 bridgehead atoms. The fourth-order valence-corrected chi connectivity index (χ4v) is 2.58. The molecule has 2 aromatic rings. The van der Waals surface area contributed by atoms with Crippen LogP contribution in [-0.2, 0) is 11.8 Å². The highest BCUT2D eigenvalue weighted by Crippen LogP contribution is 2.30. The lowest BCUT2D eigenvalue weighted by Crippen LogP contribution is -2.39. The summed E-state index contributed by atoms with van der Waals surface area (Å²) in [6.07, 6.45) is 2.36. The van der Waals surface area contributed by atoms with Crippen molar-refractivity contribution in [1.29, 1.82) is 0 Å². The predicted octanol–water partition coefficient (Wildman–Crippen LogP) is 1.68. The molecule has 2 aromatic heterocycles. The van der Waals surface area contributed by atoms with E-state index in [-0.39, 0.29) is 18.2 Å². The van der Waals surface area contributed by atoms with Gasteiger partial charge in [-0.1, -0.05) is 5.16 Å². The van der Waals surface area contributed by atoms with Gasteiger partial charge in [-0.25, -0.2) is 4.79 Å². The number of ether oxygens (including phenoxy) is 1. The predicted molar refractivity (Wildman–Crippen MR) is 78.4 cm³/mol. The maximum absolute atomic E-state index is 12.1. The molecule has 3 rings (SSSR count). The molecule has 0 spiro atoms. The van der Waals surface area contributed by atoms with Crippen molar-refractivity contribution in [1.82, 2.24) is 20.3 Å². The van der Waals surface area contributed by atoms with Gasteiger partial charge in [0.2, 0.25) is 0 Å². The smallest absolute Gasteiger partial charge is 0.320 e. The fourth-order valence-electron chi connectivity index (χ4n) is 2.58. The summed E-state index contributed by atoms with van der Waals surface area (Å²) >= 11 is 0. The zero-order chi connectivity index (χ0) is 15.7. The summed E-state index contributed by atoms with van der Waals surface area (Å²) in [7, 11) is 1.88. The Labute approximate surface area is 127 Å². The van der Waals surface area contributed by atoms with Crippen LogP contribution in [0.3, 0.4) is 0 Å².